The second-order valence-corrected chi connectivity index (χ2v) is 7.94. The zero-order valence-corrected chi connectivity index (χ0v) is 15.4. The fourth-order valence-electron chi connectivity index (χ4n) is 2.18. The second kappa shape index (κ2) is 7.42. The molecule has 0 unspecified atom stereocenters. The molecule has 1 N–H and O–H groups in total. The highest BCUT2D eigenvalue weighted by atomic mass is 35.5. The van der Waals surface area contributed by atoms with Gasteiger partial charge in [-0.3, -0.25) is 9.10 Å². The lowest BCUT2D eigenvalue weighted by Crippen LogP contribution is -2.45. The van der Waals surface area contributed by atoms with E-state index < -0.39 is 22.0 Å². The molecule has 0 fully saturated rings. The molecular weight excluding hydrogens is 371 g/mol. The number of carbonyl (C=O) groups excluding carboxylic acids is 1. The van der Waals surface area contributed by atoms with Crippen LogP contribution < -0.4 is 9.62 Å². The third-order valence-electron chi connectivity index (χ3n) is 3.28. The first-order chi connectivity index (χ1) is 11.2. The number of nitrogens with one attached hydrogen (secondary N) is 1. The van der Waals surface area contributed by atoms with E-state index in [-0.39, 0.29) is 0 Å². The van der Waals surface area contributed by atoms with Crippen molar-refractivity contribution in [3.05, 3.63) is 58.6 Å². The molecule has 0 aliphatic rings. The summed E-state index contributed by atoms with van der Waals surface area (Å²) in [5.41, 5.74) is 0.890. The van der Waals surface area contributed by atoms with Crippen LogP contribution in [0.2, 0.25) is 10.0 Å². The summed E-state index contributed by atoms with van der Waals surface area (Å²) >= 11 is 11.6. The standard InChI is InChI=1S/C16H16Cl2N2O3S/c1-11(16(21)19-14-7-3-12(17)4-8-14)20(24(2,22)23)15-9-5-13(18)6-10-15/h3-11H,1-2H3,(H,19,21)/t11-/m1/s1. The first-order valence-electron chi connectivity index (χ1n) is 7.00. The van der Waals surface area contributed by atoms with Crippen LogP contribution in [0.1, 0.15) is 6.92 Å². The number of rotatable bonds is 5. The number of halogens is 2. The van der Waals surface area contributed by atoms with Crippen LogP contribution in [0.4, 0.5) is 11.4 Å². The topological polar surface area (TPSA) is 66.5 Å². The molecule has 0 aromatic heterocycles. The van der Waals surface area contributed by atoms with Crippen LogP contribution >= 0.6 is 23.2 Å². The number of anilines is 2. The van der Waals surface area contributed by atoms with Gasteiger partial charge in [-0.25, -0.2) is 8.42 Å². The number of benzene rings is 2. The van der Waals surface area contributed by atoms with Crippen LogP contribution in [0.5, 0.6) is 0 Å². The van der Waals surface area contributed by atoms with E-state index in [1.54, 1.807) is 48.5 Å². The molecule has 128 valence electrons. The third-order valence-corrected chi connectivity index (χ3v) is 5.03. The van der Waals surface area contributed by atoms with Gasteiger partial charge in [0.2, 0.25) is 15.9 Å². The largest absolute Gasteiger partial charge is 0.324 e. The van der Waals surface area contributed by atoms with E-state index in [0.29, 0.717) is 21.4 Å². The van der Waals surface area contributed by atoms with Crippen molar-refractivity contribution in [1.82, 2.24) is 0 Å². The maximum atomic E-state index is 12.4. The Balaban J connectivity index is 2.27. The minimum absolute atomic E-state index is 0.362. The van der Waals surface area contributed by atoms with Crippen molar-refractivity contribution in [3.8, 4) is 0 Å². The Morgan fingerprint density at radius 1 is 1.00 bits per heavy atom. The van der Waals surface area contributed by atoms with Gasteiger partial charge in [0.25, 0.3) is 0 Å². The predicted molar refractivity (Wildman–Crippen MR) is 98.3 cm³/mol. The van der Waals surface area contributed by atoms with Crippen LogP contribution in [-0.4, -0.2) is 26.6 Å². The zero-order valence-electron chi connectivity index (χ0n) is 13.0. The molecule has 8 heteroatoms. The minimum Gasteiger partial charge on any atom is -0.324 e. The number of hydrogen-bond donors (Lipinski definition) is 1. The van der Waals surface area contributed by atoms with E-state index in [1.165, 1.54) is 6.92 Å². The van der Waals surface area contributed by atoms with Crippen molar-refractivity contribution >= 4 is 50.5 Å². The summed E-state index contributed by atoms with van der Waals surface area (Å²) < 4.78 is 25.4. The van der Waals surface area contributed by atoms with E-state index in [1.807, 2.05) is 0 Å². The summed E-state index contributed by atoms with van der Waals surface area (Å²) in [4.78, 5) is 12.4. The van der Waals surface area contributed by atoms with Crippen molar-refractivity contribution in [1.29, 1.82) is 0 Å². The van der Waals surface area contributed by atoms with E-state index in [9.17, 15) is 13.2 Å². The number of amides is 1. The average Bonchev–Trinajstić information content (AvgIpc) is 2.50. The quantitative estimate of drug-likeness (QED) is 0.849. The SMILES string of the molecule is C[C@H](C(=O)Nc1ccc(Cl)cc1)N(c1ccc(Cl)cc1)S(C)(=O)=O. The maximum absolute atomic E-state index is 12.4. The van der Waals surface area contributed by atoms with Crippen LogP contribution in [0, 0.1) is 0 Å². The predicted octanol–water partition coefficient (Wildman–Crippen LogP) is 3.79. The lowest BCUT2D eigenvalue weighted by atomic mass is 10.2. The van der Waals surface area contributed by atoms with Crippen LogP contribution in [-0.2, 0) is 14.8 Å². The van der Waals surface area contributed by atoms with Crippen molar-refractivity contribution < 1.29 is 13.2 Å². The highest BCUT2D eigenvalue weighted by molar-refractivity contribution is 7.92. The molecule has 5 nitrogen and oxygen atoms in total. The fraction of sp³-hybridized carbons (Fsp3) is 0.188. The first kappa shape index (κ1) is 18.6. The molecule has 0 bridgehead atoms. The van der Waals surface area contributed by atoms with Crippen molar-refractivity contribution in [2.75, 3.05) is 15.9 Å². The highest BCUT2D eigenvalue weighted by Gasteiger charge is 2.29. The average molecular weight is 387 g/mol. The summed E-state index contributed by atoms with van der Waals surface area (Å²) in [6.07, 6.45) is 1.05. The summed E-state index contributed by atoms with van der Waals surface area (Å²) in [6, 6.07) is 11.8. The fourth-order valence-corrected chi connectivity index (χ4v) is 3.60. The van der Waals surface area contributed by atoms with Crippen molar-refractivity contribution in [2.45, 2.75) is 13.0 Å². The summed E-state index contributed by atoms with van der Waals surface area (Å²) in [7, 11) is -3.67. The van der Waals surface area contributed by atoms with Crippen LogP contribution in [0.3, 0.4) is 0 Å². The highest BCUT2D eigenvalue weighted by Crippen LogP contribution is 2.23. The molecule has 0 saturated carbocycles. The third kappa shape index (κ3) is 4.63. The van der Waals surface area contributed by atoms with Crippen LogP contribution in [0.15, 0.2) is 48.5 Å². The summed E-state index contributed by atoms with van der Waals surface area (Å²) in [6.45, 7) is 1.51. The van der Waals surface area contributed by atoms with Gasteiger partial charge in [0.1, 0.15) is 6.04 Å². The van der Waals surface area contributed by atoms with E-state index in [4.69, 9.17) is 23.2 Å². The molecule has 0 radical (unpaired) electrons. The molecular formula is C16H16Cl2N2O3S. The number of hydrogen-bond acceptors (Lipinski definition) is 3. The number of carbonyl (C=O) groups is 1. The van der Waals surface area contributed by atoms with Gasteiger partial charge in [0.05, 0.1) is 11.9 Å². The molecule has 1 amide bonds. The van der Waals surface area contributed by atoms with E-state index in [2.05, 4.69) is 5.32 Å². The molecule has 24 heavy (non-hydrogen) atoms. The monoisotopic (exact) mass is 386 g/mol. The number of sulfonamides is 1. The Kier molecular flexibility index (Phi) is 5.74. The van der Waals surface area contributed by atoms with Crippen molar-refractivity contribution in [2.24, 2.45) is 0 Å². The summed E-state index contributed by atoms with van der Waals surface area (Å²) in [5, 5.41) is 3.69. The Hall–Kier alpha value is -1.76. The van der Waals surface area contributed by atoms with Crippen LogP contribution in [0.25, 0.3) is 0 Å². The Labute approximate surface area is 151 Å². The normalized spacial score (nSPS) is 12.5. The maximum Gasteiger partial charge on any atom is 0.247 e. The molecule has 0 aliphatic carbocycles. The minimum atomic E-state index is -3.67. The van der Waals surface area contributed by atoms with Gasteiger partial charge in [-0.05, 0) is 55.5 Å². The molecule has 0 aliphatic heterocycles. The first-order valence-corrected chi connectivity index (χ1v) is 9.60. The van der Waals surface area contributed by atoms with E-state index >= 15 is 0 Å². The smallest absolute Gasteiger partial charge is 0.247 e. The van der Waals surface area contributed by atoms with E-state index in [0.717, 1.165) is 10.6 Å². The number of nitrogens with zero attached hydrogens (tertiary/aromatic N) is 1. The lowest BCUT2D eigenvalue weighted by Gasteiger charge is -2.28. The summed E-state index contributed by atoms with van der Waals surface area (Å²) in [5.74, 6) is -0.460. The second-order valence-electron chi connectivity index (χ2n) is 5.21. The van der Waals surface area contributed by atoms with Gasteiger partial charge in [-0.1, -0.05) is 23.2 Å². The molecule has 0 heterocycles. The Morgan fingerprint density at radius 2 is 1.46 bits per heavy atom. The molecule has 0 saturated heterocycles. The van der Waals surface area contributed by atoms with Gasteiger partial charge >= 0.3 is 0 Å². The van der Waals surface area contributed by atoms with Crippen molar-refractivity contribution in [3.63, 3.8) is 0 Å². The zero-order chi connectivity index (χ0) is 17.9. The van der Waals surface area contributed by atoms with Gasteiger partial charge in [-0.2, -0.15) is 0 Å². The van der Waals surface area contributed by atoms with Gasteiger partial charge in [0.15, 0.2) is 0 Å². The molecule has 1 atom stereocenters. The Morgan fingerprint density at radius 3 is 1.92 bits per heavy atom. The molecule has 2 aromatic rings. The van der Waals surface area contributed by atoms with Gasteiger partial charge in [0, 0.05) is 15.7 Å². The van der Waals surface area contributed by atoms with Gasteiger partial charge < -0.3 is 5.32 Å². The van der Waals surface area contributed by atoms with Gasteiger partial charge in [-0.15, -0.1) is 0 Å². The molecule has 2 aromatic carbocycles. The Bertz CT molecular complexity index is 821. The molecule has 2 rings (SSSR count). The lowest BCUT2D eigenvalue weighted by molar-refractivity contribution is -0.116. The molecule has 0 spiro atoms.